The molecule has 1 saturated heterocycles. The van der Waals surface area contributed by atoms with Crippen LogP contribution in [0.25, 0.3) is 0 Å². The molecule has 9 nitrogen and oxygen atoms in total. The number of amides is 3. The molecule has 1 unspecified atom stereocenters. The number of anilines is 1. The third-order valence-corrected chi connectivity index (χ3v) is 5.08. The molecule has 160 valence electrons. The van der Waals surface area contributed by atoms with Gasteiger partial charge in [-0.3, -0.25) is 14.4 Å². The van der Waals surface area contributed by atoms with Gasteiger partial charge in [0.05, 0.1) is 19.2 Å². The van der Waals surface area contributed by atoms with Gasteiger partial charge in [-0.1, -0.05) is 16.8 Å². The predicted molar refractivity (Wildman–Crippen MR) is 110 cm³/mol. The molecule has 0 spiro atoms. The first kappa shape index (κ1) is 21.6. The molecule has 0 bridgehead atoms. The van der Waals surface area contributed by atoms with Crippen LogP contribution in [0.3, 0.4) is 0 Å². The summed E-state index contributed by atoms with van der Waals surface area (Å²) in [7, 11) is 2.99. The molecule has 0 saturated carbocycles. The number of hydrogen-bond acceptors (Lipinski definition) is 6. The highest BCUT2D eigenvalue weighted by atomic mass is 35.5. The second kappa shape index (κ2) is 9.17. The van der Waals surface area contributed by atoms with Gasteiger partial charge >= 0.3 is 0 Å². The summed E-state index contributed by atoms with van der Waals surface area (Å²) in [6, 6.07) is 5.69. The molecule has 2 aromatic rings. The lowest BCUT2D eigenvalue weighted by Crippen LogP contribution is -2.48. The molecule has 0 aliphatic carbocycles. The summed E-state index contributed by atoms with van der Waals surface area (Å²) in [5.41, 5.74) is 0.298. The number of halogens is 1. The SMILES string of the molecule is COc1ccc(Cl)cc1C(=O)N1CCCC1C(=O)N(C)CC(=O)Nc1cc(C)on1. The Hall–Kier alpha value is -3.07. The number of carbonyl (C=O) groups excluding carboxylic acids is 3. The topological polar surface area (TPSA) is 105 Å². The molecular weight excluding hydrogens is 412 g/mol. The number of aromatic nitrogens is 1. The number of hydrogen-bond donors (Lipinski definition) is 1. The van der Waals surface area contributed by atoms with E-state index in [1.165, 1.54) is 30.0 Å². The van der Waals surface area contributed by atoms with Crippen LogP contribution in [-0.2, 0) is 9.59 Å². The van der Waals surface area contributed by atoms with E-state index in [4.69, 9.17) is 20.9 Å². The van der Waals surface area contributed by atoms with E-state index in [9.17, 15) is 14.4 Å². The molecule has 1 N–H and O–H groups in total. The number of carbonyl (C=O) groups is 3. The van der Waals surface area contributed by atoms with Crippen LogP contribution in [0, 0.1) is 6.92 Å². The van der Waals surface area contributed by atoms with E-state index in [1.54, 1.807) is 25.1 Å². The van der Waals surface area contributed by atoms with Gasteiger partial charge < -0.3 is 24.4 Å². The predicted octanol–water partition coefficient (Wildman–Crippen LogP) is 2.35. The van der Waals surface area contributed by atoms with E-state index in [2.05, 4.69) is 10.5 Å². The van der Waals surface area contributed by atoms with Gasteiger partial charge in [0.2, 0.25) is 11.8 Å². The van der Waals surface area contributed by atoms with E-state index in [0.717, 1.165) is 0 Å². The first-order valence-corrected chi connectivity index (χ1v) is 9.80. The first-order chi connectivity index (χ1) is 14.3. The van der Waals surface area contributed by atoms with Crippen LogP contribution in [-0.4, -0.2) is 66.0 Å². The van der Waals surface area contributed by atoms with Crippen molar-refractivity contribution in [1.82, 2.24) is 15.0 Å². The van der Waals surface area contributed by atoms with Crippen molar-refractivity contribution in [2.75, 3.05) is 32.6 Å². The number of nitrogens with zero attached hydrogens (tertiary/aromatic N) is 3. The van der Waals surface area contributed by atoms with Crippen molar-refractivity contribution >= 4 is 35.1 Å². The number of likely N-dealkylation sites (N-methyl/N-ethyl adjacent to an activating group) is 1. The normalized spacial score (nSPS) is 15.7. The largest absolute Gasteiger partial charge is 0.496 e. The zero-order chi connectivity index (χ0) is 21.8. The van der Waals surface area contributed by atoms with Crippen molar-refractivity contribution in [2.24, 2.45) is 0 Å². The van der Waals surface area contributed by atoms with Crippen LogP contribution in [0.4, 0.5) is 5.82 Å². The first-order valence-electron chi connectivity index (χ1n) is 9.42. The van der Waals surface area contributed by atoms with Crippen LogP contribution in [0.2, 0.25) is 5.02 Å². The molecule has 10 heteroatoms. The average Bonchev–Trinajstić information content (AvgIpc) is 3.35. The zero-order valence-corrected chi connectivity index (χ0v) is 17.7. The molecule has 3 rings (SSSR count). The molecule has 1 fully saturated rings. The fourth-order valence-electron chi connectivity index (χ4n) is 3.42. The van der Waals surface area contributed by atoms with Crippen LogP contribution in [0.1, 0.15) is 29.0 Å². The van der Waals surface area contributed by atoms with Crippen molar-refractivity contribution in [3.63, 3.8) is 0 Å². The van der Waals surface area contributed by atoms with Gasteiger partial charge in [0.15, 0.2) is 5.82 Å². The Kier molecular flexibility index (Phi) is 6.61. The van der Waals surface area contributed by atoms with E-state index >= 15 is 0 Å². The number of methoxy groups -OCH3 is 1. The van der Waals surface area contributed by atoms with Crippen LogP contribution in [0.15, 0.2) is 28.8 Å². The summed E-state index contributed by atoms with van der Waals surface area (Å²) in [5, 5.41) is 6.66. The lowest BCUT2D eigenvalue weighted by atomic mass is 10.1. The summed E-state index contributed by atoms with van der Waals surface area (Å²) in [6.07, 6.45) is 1.20. The molecule has 30 heavy (non-hydrogen) atoms. The number of benzene rings is 1. The fourth-order valence-corrected chi connectivity index (χ4v) is 3.60. The van der Waals surface area contributed by atoms with Crippen molar-refractivity contribution in [1.29, 1.82) is 0 Å². The third-order valence-electron chi connectivity index (χ3n) is 4.84. The minimum atomic E-state index is -0.659. The highest BCUT2D eigenvalue weighted by molar-refractivity contribution is 6.31. The number of likely N-dealkylation sites (tertiary alicyclic amines) is 1. The fraction of sp³-hybridized carbons (Fsp3) is 0.400. The molecule has 3 amide bonds. The molecule has 2 heterocycles. The number of ether oxygens (including phenoxy) is 1. The molecule has 1 aliphatic rings. The van der Waals surface area contributed by atoms with E-state index in [1.807, 2.05) is 0 Å². The van der Waals surface area contributed by atoms with E-state index in [0.29, 0.717) is 41.5 Å². The highest BCUT2D eigenvalue weighted by Crippen LogP contribution is 2.28. The smallest absolute Gasteiger partial charge is 0.258 e. The van der Waals surface area contributed by atoms with E-state index < -0.39 is 11.9 Å². The highest BCUT2D eigenvalue weighted by Gasteiger charge is 2.37. The Bertz CT molecular complexity index is 960. The summed E-state index contributed by atoms with van der Waals surface area (Å²) < 4.78 is 10.2. The zero-order valence-electron chi connectivity index (χ0n) is 17.0. The van der Waals surface area contributed by atoms with Crippen molar-refractivity contribution in [3.05, 3.63) is 40.6 Å². The van der Waals surface area contributed by atoms with Crippen molar-refractivity contribution in [3.8, 4) is 5.75 Å². The maximum atomic E-state index is 13.1. The standard InChI is InChI=1S/C20H23ClN4O5/c1-12-9-17(23-30-12)22-18(26)11-24(2)20(28)15-5-4-8-25(15)19(27)14-10-13(21)6-7-16(14)29-3/h6-7,9-10,15H,4-5,8,11H2,1-3H3,(H,22,23,26). The summed E-state index contributed by atoms with van der Waals surface area (Å²) in [5.74, 6) is 0.175. The summed E-state index contributed by atoms with van der Waals surface area (Å²) >= 11 is 6.04. The Morgan fingerprint density at radius 3 is 2.80 bits per heavy atom. The van der Waals surface area contributed by atoms with Gasteiger partial charge in [0, 0.05) is 24.7 Å². The lowest BCUT2D eigenvalue weighted by Gasteiger charge is -2.28. The number of rotatable bonds is 6. The molecular formula is C20H23ClN4O5. The van der Waals surface area contributed by atoms with Gasteiger partial charge in [0.1, 0.15) is 17.6 Å². The van der Waals surface area contributed by atoms with Crippen LogP contribution in [0.5, 0.6) is 5.75 Å². The molecule has 1 aromatic heterocycles. The lowest BCUT2D eigenvalue weighted by molar-refractivity contribution is -0.136. The van der Waals surface area contributed by atoms with Gasteiger partial charge in [-0.25, -0.2) is 0 Å². The Morgan fingerprint density at radius 2 is 2.13 bits per heavy atom. The Balaban J connectivity index is 1.68. The van der Waals surface area contributed by atoms with Gasteiger partial charge in [-0.15, -0.1) is 0 Å². The maximum absolute atomic E-state index is 13.1. The quantitative estimate of drug-likeness (QED) is 0.748. The van der Waals surface area contributed by atoms with Gasteiger partial charge in [-0.2, -0.15) is 0 Å². The van der Waals surface area contributed by atoms with Crippen LogP contribution >= 0.6 is 11.6 Å². The Labute approximate surface area is 178 Å². The average molecular weight is 435 g/mol. The molecule has 1 aromatic carbocycles. The maximum Gasteiger partial charge on any atom is 0.258 e. The molecule has 1 aliphatic heterocycles. The summed E-state index contributed by atoms with van der Waals surface area (Å²) in [4.78, 5) is 41.1. The second-order valence-corrected chi connectivity index (χ2v) is 7.50. The van der Waals surface area contributed by atoms with Gasteiger partial charge in [0.25, 0.3) is 5.91 Å². The summed E-state index contributed by atoms with van der Waals surface area (Å²) in [6.45, 7) is 1.96. The monoisotopic (exact) mass is 434 g/mol. The third kappa shape index (κ3) is 4.73. The molecule has 0 radical (unpaired) electrons. The van der Waals surface area contributed by atoms with E-state index in [-0.39, 0.29) is 24.2 Å². The van der Waals surface area contributed by atoms with Crippen LogP contribution < -0.4 is 10.1 Å². The minimum absolute atomic E-state index is 0.177. The van der Waals surface area contributed by atoms with Gasteiger partial charge in [-0.05, 0) is 38.0 Å². The van der Waals surface area contributed by atoms with Crippen molar-refractivity contribution < 1.29 is 23.6 Å². The Morgan fingerprint density at radius 1 is 1.37 bits per heavy atom. The number of aryl methyl sites for hydroxylation is 1. The number of nitrogens with one attached hydrogen (secondary N) is 1. The second-order valence-electron chi connectivity index (χ2n) is 7.07. The molecule has 1 atom stereocenters. The van der Waals surface area contributed by atoms with Crippen molar-refractivity contribution in [2.45, 2.75) is 25.8 Å². The minimum Gasteiger partial charge on any atom is -0.496 e.